The molecule has 0 amide bonds. The lowest BCUT2D eigenvalue weighted by Crippen LogP contribution is -2.54. The van der Waals surface area contributed by atoms with Crippen LogP contribution in [-0.2, 0) is 17.6 Å². The fourth-order valence-electron chi connectivity index (χ4n) is 3.43. The lowest BCUT2D eigenvalue weighted by molar-refractivity contribution is -0.126. The zero-order valence-electron chi connectivity index (χ0n) is 15.2. The molecule has 27 heavy (non-hydrogen) atoms. The fourth-order valence-corrected chi connectivity index (χ4v) is 3.43. The molecule has 2 aromatic rings. The van der Waals surface area contributed by atoms with Gasteiger partial charge in [-0.2, -0.15) is 0 Å². The molecule has 4 heteroatoms. The van der Waals surface area contributed by atoms with Gasteiger partial charge in [-0.05, 0) is 54.5 Å². The molecule has 138 valence electrons. The topological polar surface area (TPSA) is 20.3 Å². The number of carbonyl (C=O) groups is 1. The first kappa shape index (κ1) is 18.8. The number of allylic oxidation sites excluding steroid dienone is 3. The Morgan fingerprint density at radius 3 is 1.81 bits per heavy atom. The van der Waals surface area contributed by atoms with Gasteiger partial charge >= 0.3 is 0 Å². The monoisotopic (exact) mass is 365 g/mol. The van der Waals surface area contributed by atoms with Crippen LogP contribution in [0, 0.1) is 11.6 Å². The highest BCUT2D eigenvalue weighted by molar-refractivity contribution is 5.87. The average molecular weight is 365 g/mol. The molecule has 0 radical (unpaired) electrons. The van der Waals surface area contributed by atoms with Gasteiger partial charge in [-0.1, -0.05) is 36.9 Å². The van der Waals surface area contributed by atoms with E-state index in [1.807, 2.05) is 29.3 Å². The maximum Gasteiger partial charge on any atom is 0.156 e. The molecule has 1 aliphatic rings. The molecule has 2 nitrogen and oxygen atoms in total. The van der Waals surface area contributed by atoms with Gasteiger partial charge in [0.2, 0.25) is 0 Å². The first-order chi connectivity index (χ1) is 12.9. The molecule has 2 aromatic carbocycles. The molecule has 0 saturated heterocycles. The summed E-state index contributed by atoms with van der Waals surface area (Å²) in [5.41, 5.74) is 1.42. The maximum absolute atomic E-state index is 13.3. The van der Waals surface area contributed by atoms with Crippen LogP contribution in [0.4, 0.5) is 8.78 Å². The third-order valence-electron chi connectivity index (χ3n) is 4.88. The van der Waals surface area contributed by atoms with Crippen LogP contribution in [0.15, 0.2) is 85.2 Å². The number of nitrogens with zero attached hydrogens (tertiary/aromatic N) is 1. The smallest absolute Gasteiger partial charge is 0.156 e. The van der Waals surface area contributed by atoms with Gasteiger partial charge in [-0.15, -0.1) is 0 Å². The Bertz CT molecular complexity index is 847. The molecule has 0 saturated carbocycles. The highest BCUT2D eigenvalue weighted by Gasteiger charge is 2.41. The summed E-state index contributed by atoms with van der Waals surface area (Å²) in [6.45, 7) is 5.62. The average Bonchev–Trinajstić information content (AvgIpc) is 2.65. The molecule has 1 heterocycles. The van der Waals surface area contributed by atoms with Crippen molar-refractivity contribution in [1.82, 2.24) is 4.90 Å². The predicted octanol–water partition coefficient (Wildman–Crippen LogP) is 4.98. The van der Waals surface area contributed by atoms with E-state index in [1.54, 1.807) is 31.2 Å². The zero-order valence-corrected chi connectivity index (χ0v) is 15.2. The summed E-state index contributed by atoms with van der Waals surface area (Å²) in [6.07, 6.45) is 8.12. The van der Waals surface area contributed by atoms with Crippen molar-refractivity contribution in [2.24, 2.45) is 0 Å². The summed E-state index contributed by atoms with van der Waals surface area (Å²) < 4.78 is 26.7. The molecule has 3 rings (SSSR count). The van der Waals surface area contributed by atoms with Crippen molar-refractivity contribution in [3.8, 4) is 0 Å². The normalized spacial score (nSPS) is 13.9. The SMILES string of the molecule is C=C1C=CC=CN1C(Cc1ccc(F)cc1)(Cc1ccc(F)cc1)C(C)=O. The van der Waals surface area contributed by atoms with Crippen molar-refractivity contribution in [3.05, 3.63) is 108 Å². The van der Waals surface area contributed by atoms with E-state index in [1.165, 1.54) is 24.3 Å². The summed E-state index contributed by atoms with van der Waals surface area (Å²) >= 11 is 0. The summed E-state index contributed by atoms with van der Waals surface area (Å²) in [4.78, 5) is 14.8. The summed E-state index contributed by atoms with van der Waals surface area (Å²) in [6, 6.07) is 12.3. The summed E-state index contributed by atoms with van der Waals surface area (Å²) in [5.74, 6) is -0.691. The molecule has 0 aliphatic carbocycles. The second kappa shape index (κ2) is 7.70. The predicted molar refractivity (Wildman–Crippen MR) is 103 cm³/mol. The Labute approximate surface area is 158 Å². The molecule has 0 N–H and O–H groups in total. The van der Waals surface area contributed by atoms with Crippen LogP contribution >= 0.6 is 0 Å². The van der Waals surface area contributed by atoms with Crippen LogP contribution < -0.4 is 0 Å². The van der Waals surface area contributed by atoms with Gasteiger partial charge in [0.05, 0.1) is 0 Å². The molecule has 0 aromatic heterocycles. The zero-order chi connectivity index (χ0) is 19.4. The minimum Gasteiger partial charge on any atom is -0.335 e. The highest BCUT2D eigenvalue weighted by atomic mass is 19.1. The maximum atomic E-state index is 13.3. The Hall–Kier alpha value is -3.01. The molecule has 0 fully saturated rings. The van der Waals surface area contributed by atoms with E-state index < -0.39 is 5.54 Å². The minimum atomic E-state index is -0.950. The molecule has 0 spiro atoms. The largest absolute Gasteiger partial charge is 0.335 e. The quantitative estimate of drug-likeness (QED) is 0.720. The van der Waals surface area contributed by atoms with E-state index in [2.05, 4.69) is 6.58 Å². The molecule has 0 atom stereocenters. The van der Waals surface area contributed by atoms with Crippen molar-refractivity contribution in [1.29, 1.82) is 0 Å². The number of benzene rings is 2. The van der Waals surface area contributed by atoms with Gasteiger partial charge < -0.3 is 4.90 Å². The molecular formula is C23H21F2NO. The van der Waals surface area contributed by atoms with E-state index in [0.717, 1.165) is 11.1 Å². The lowest BCUT2D eigenvalue weighted by atomic mass is 9.79. The number of ketones is 1. The van der Waals surface area contributed by atoms with Gasteiger partial charge in [-0.3, -0.25) is 4.79 Å². The Morgan fingerprint density at radius 2 is 1.41 bits per heavy atom. The summed E-state index contributed by atoms with van der Waals surface area (Å²) in [5, 5.41) is 0. The Kier molecular flexibility index (Phi) is 5.36. The molecule has 0 unspecified atom stereocenters. The Balaban J connectivity index is 2.06. The first-order valence-corrected chi connectivity index (χ1v) is 8.74. The second-order valence-corrected chi connectivity index (χ2v) is 6.76. The minimum absolute atomic E-state index is 0.0442. The van der Waals surface area contributed by atoms with Crippen LogP contribution in [-0.4, -0.2) is 16.2 Å². The number of Topliss-reactive ketones (excluding diaryl/α,β-unsaturated/α-hetero) is 1. The number of rotatable bonds is 6. The molecule has 1 aliphatic heterocycles. The van der Waals surface area contributed by atoms with Crippen molar-refractivity contribution in [3.63, 3.8) is 0 Å². The van der Waals surface area contributed by atoms with Gasteiger partial charge in [0.25, 0.3) is 0 Å². The number of hydrogen-bond acceptors (Lipinski definition) is 2. The standard InChI is InChI=1S/C23H21F2NO/c1-17-5-3-4-14-26(17)23(18(2)27,15-19-6-10-21(24)11-7-19)16-20-8-12-22(25)13-9-20/h3-14H,1,15-16H2,2H3. The van der Waals surface area contributed by atoms with Crippen molar-refractivity contribution >= 4 is 5.78 Å². The first-order valence-electron chi connectivity index (χ1n) is 8.74. The van der Waals surface area contributed by atoms with Gasteiger partial charge in [0.1, 0.15) is 17.2 Å². The number of halogens is 2. The van der Waals surface area contributed by atoms with E-state index >= 15 is 0 Å². The highest BCUT2D eigenvalue weighted by Crippen LogP contribution is 2.32. The van der Waals surface area contributed by atoms with Gasteiger partial charge in [0.15, 0.2) is 5.78 Å². The van der Waals surface area contributed by atoms with Crippen LogP contribution in [0.3, 0.4) is 0 Å². The van der Waals surface area contributed by atoms with Gasteiger partial charge in [-0.25, -0.2) is 8.78 Å². The van der Waals surface area contributed by atoms with Crippen LogP contribution in [0.1, 0.15) is 18.1 Å². The third-order valence-corrected chi connectivity index (χ3v) is 4.88. The van der Waals surface area contributed by atoms with E-state index in [0.29, 0.717) is 18.5 Å². The molecular weight excluding hydrogens is 344 g/mol. The van der Waals surface area contributed by atoms with Crippen molar-refractivity contribution in [2.45, 2.75) is 25.3 Å². The van der Waals surface area contributed by atoms with E-state index in [-0.39, 0.29) is 17.4 Å². The van der Waals surface area contributed by atoms with Crippen LogP contribution in [0.25, 0.3) is 0 Å². The third kappa shape index (κ3) is 4.05. The molecule has 0 bridgehead atoms. The summed E-state index contributed by atoms with van der Waals surface area (Å²) in [7, 11) is 0. The van der Waals surface area contributed by atoms with Gasteiger partial charge in [0, 0.05) is 24.7 Å². The van der Waals surface area contributed by atoms with Crippen LogP contribution in [0.2, 0.25) is 0 Å². The fraction of sp³-hybridized carbons (Fsp3) is 0.174. The Morgan fingerprint density at radius 1 is 0.926 bits per heavy atom. The lowest BCUT2D eigenvalue weighted by Gasteiger charge is -2.43. The van der Waals surface area contributed by atoms with Crippen molar-refractivity contribution < 1.29 is 13.6 Å². The van der Waals surface area contributed by atoms with Crippen molar-refractivity contribution in [2.75, 3.05) is 0 Å². The van der Waals surface area contributed by atoms with E-state index in [9.17, 15) is 13.6 Å². The van der Waals surface area contributed by atoms with Crippen LogP contribution in [0.5, 0.6) is 0 Å². The number of carbonyl (C=O) groups excluding carboxylic acids is 1. The second-order valence-electron chi connectivity index (χ2n) is 6.76. The number of hydrogen-bond donors (Lipinski definition) is 0. The van der Waals surface area contributed by atoms with E-state index in [4.69, 9.17) is 0 Å².